The number of carbonyl (C=O) groups is 2. The Morgan fingerprint density at radius 2 is 2.03 bits per heavy atom. The van der Waals surface area contributed by atoms with E-state index in [0.29, 0.717) is 27.2 Å². The van der Waals surface area contributed by atoms with Gasteiger partial charge in [0.25, 0.3) is 11.5 Å². The van der Waals surface area contributed by atoms with Crippen LogP contribution in [-0.2, 0) is 10.5 Å². The van der Waals surface area contributed by atoms with Gasteiger partial charge in [-0.15, -0.1) is 11.3 Å². The molecular weight excluding hydrogens is 434 g/mol. The van der Waals surface area contributed by atoms with Crippen LogP contribution < -0.4 is 10.9 Å². The first kappa shape index (κ1) is 21.1. The molecule has 0 atom stereocenters. The molecular formula is C19H16ClN3O4S2. The molecule has 0 bridgehead atoms. The summed E-state index contributed by atoms with van der Waals surface area (Å²) in [5.41, 5.74) is 1.13. The second kappa shape index (κ2) is 9.25. The first-order chi connectivity index (χ1) is 13.9. The van der Waals surface area contributed by atoms with Crippen LogP contribution in [0.4, 0.5) is 5.00 Å². The fraction of sp³-hybridized carbons (Fsp3) is 0.158. The summed E-state index contributed by atoms with van der Waals surface area (Å²) in [7, 11) is 1.27. The van der Waals surface area contributed by atoms with E-state index in [1.807, 2.05) is 6.26 Å². The van der Waals surface area contributed by atoms with Crippen molar-refractivity contribution in [2.24, 2.45) is 0 Å². The number of esters is 1. The number of aromatic nitrogens is 2. The van der Waals surface area contributed by atoms with E-state index in [4.69, 9.17) is 16.3 Å². The Balaban J connectivity index is 1.97. The number of nitrogens with zero attached hydrogens (tertiary/aromatic N) is 1. The third kappa shape index (κ3) is 4.87. The lowest BCUT2D eigenvalue weighted by atomic mass is 10.0. The number of anilines is 1. The molecule has 0 saturated heterocycles. The number of thiophene rings is 1. The number of ether oxygens (including phenoxy) is 1. The highest BCUT2D eigenvalue weighted by Crippen LogP contribution is 2.36. The second-order valence-corrected chi connectivity index (χ2v) is 8.00. The number of thioether (sulfide) groups is 1. The Labute approximate surface area is 179 Å². The Hall–Kier alpha value is -2.62. The number of amides is 1. The molecule has 2 aromatic heterocycles. The van der Waals surface area contributed by atoms with E-state index in [2.05, 4.69) is 15.3 Å². The smallest absolute Gasteiger partial charge is 0.341 e. The van der Waals surface area contributed by atoms with Crippen molar-refractivity contribution in [1.29, 1.82) is 0 Å². The molecule has 0 unspecified atom stereocenters. The number of H-pyrrole nitrogens is 1. The predicted octanol–water partition coefficient (Wildman–Crippen LogP) is 4.05. The molecule has 0 radical (unpaired) electrons. The van der Waals surface area contributed by atoms with E-state index in [9.17, 15) is 14.4 Å². The lowest BCUT2D eigenvalue weighted by molar-refractivity contribution is 0.0603. The molecule has 1 amide bonds. The first-order valence-electron chi connectivity index (χ1n) is 8.29. The van der Waals surface area contributed by atoms with Crippen LogP contribution in [0.2, 0.25) is 5.02 Å². The molecule has 7 nitrogen and oxygen atoms in total. The summed E-state index contributed by atoms with van der Waals surface area (Å²) >= 11 is 8.58. The number of rotatable bonds is 6. The largest absolute Gasteiger partial charge is 0.465 e. The molecule has 10 heteroatoms. The second-order valence-electron chi connectivity index (χ2n) is 5.82. The van der Waals surface area contributed by atoms with E-state index in [-0.39, 0.29) is 11.3 Å². The van der Waals surface area contributed by atoms with E-state index < -0.39 is 17.4 Å². The fourth-order valence-corrected chi connectivity index (χ4v) is 4.08. The summed E-state index contributed by atoms with van der Waals surface area (Å²) in [4.78, 5) is 43.7. The number of halogens is 1. The maximum Gasteiger partial charge on any atom is 0.341 e. The van der Waals surface area contributed by atoms with Crippen molar-refractivity contribution < 1.29 is 14.3 Å². The van der Waals surface area contributed by atoms with Gasteiger partial charge in [0.2, 0.25) is 0 Å². The summed E-state index contributed by atoms with van der Waals surface area (Å²) in [6.45, 7) is 0. The Kier molecular flexibility index (Phi) is 6.73. The average Bonchev–Trinajstić information content (AvgIpc) is 3.11. The summed E-state index contributed by atoms with van der Waals surface area (Å²) in [5, 5.41) is 5.29. The van der Waals surface area contributed by atoms with Gasteiger partial charge in [-0.1, -0.05) is 23.7 Å². The van der Waals surface area contributed by atoms with Crippen LogP contribution in [0.25, 0.3) is 11.1 Å². The zero-order chi connectivity index (χ0) is 21.0. The highest BCUT2D eigenvalue weighted by Gasteiger charge is 2.23. The van der Waals surface area contributed by atoms with Crippen LogP contribution in [0.3, 0.4) is 0 Å². The van der Waals surface area contributed by atoms with E-state index in [0.717, 1.165) is 11.6 Å². The van der Waals surface area contributed by atoms with Crippen molar-refractivity contribution in [3.63, 3.8) is 0 Å². The van der Waals surface area contributed by atoms with Crippen LogP contribution in [0.5, 0.6) is 0 Å². The molecule has 0 fully saturated rings. The molecule has 150 valence electrons. The molecule has 0 aliphatic heterocycles. The minimum absolute atomic E-state index is 0.0324. The third-order valence-electron chi connectivity index (χ3n) is 3.87. The monoisotopic (exact) mass is 449 g/mol. The van der Waals surface area contributed by atoms with Gasteiger partial charge in [-0.3, -0.25) is 9.59 Å². The maximum atomic E-state index is 12.7. The molecule has 29 heavy (non-hydrogen) atoms. The molecule has 1 aromatic carbocycles. The molecule has 0 spiro atoms. The predicted molar refractivity (Wildman–Crippen MR) is 116 cm³/mol. The van der Waals surface area contributed by atoms with Crippen molar-refractivity contribution >= 4 is 51.6 Å². The van der Waals surface area contributed by atoms with Gasteiger partial charge in [-0.05, 0) is 24.0 Å². The molecule has 2 N–H and O–H groups in total. The molecule has 0 saturated carbocycles. The van der Waals surface area contributed by atoms with Gasteiger partial charge < -0.3 is 15.0 Å². The van der Waals surface area contributed by atoms with Gasteiger partial charge in [0, 0.05) is 22.0 Å². The summed E-state index contributed by atoms with van der Waals surface area (Å²) in [5.74, 6) is -0.318. The normalized spacial score (nSPS) is 10.6. The third-order valence-corrected chi connectivity index (χ3v) is 5.58. The highest BCUT2D eigenvalue weighted by molar-refractivity contribution is 7.97. The number of nitrogens with one attached hydrogen (secondary N) is 2. The molecule has 3 aromatic rings. The molecule has 0 aliphatic rings. The molecule has 0 aliphatic carbocycles. The molecule has 3 rings (SSSR count). The number of hydrogen-bond donors (Lipinski definition) is 2. The zero-order valence-corrected chi connectivity index (χ0v) is 17.8. The minimum Gasteiger partial charge on any atom is -0.465 e. The first-order valence-corrected chi connectivity index (χ1v) is 10.9. The van der Waals surface area contributed by atoms with E-state index in [1.54, 1.807) is 29.6 Å². The minimum atomic E-state index is -0.590. The number of methoxy groups -OCH3 is 1. The Morgan fingerprint density at radius 1 is 1.31 bits per heavy atom. The highest BCUT2D eigenvalue weighted by atomic mass is 35.5. The van der Waals surface area contributed by atoms with Gasteiger partial charge in [0.05, 0.1) is 12.9 Å². The van der Waals surface area contributed by atoms with Crippen molar-refractivity contribution in [3.8, 4) is 11.1 Å². The summed E-state index contributed by atoms with van der Waals surface area (Å²) in [6.07, 6.45) is 1.86. The fourth-order valence-electron chi connectivity index (χ4n) is 2.59. The van der Waals surface area contributed by atoms with Crippen molar-refractivity contribution in [1.82, 2.24) is 9.97 Å². The van der Waals surface area contributed by atoms with Gasteiger partial charge in [0.1, 0.15) is 22.1 Å². The SMILES string of the molecule is COC(=O)c1c(-c2ccc(Cl)cc2)csc1NC(=O)c1cc(=O)[nH]c(CSC)n1. The maximum absolute atomic E-state index is 12.7. The van der Waals surface area contributed by atoms with Gasteiger partial charge in [-0.25, -0.2) is 9.78 Å². The lowest BCUT2D eigenvalue weighted by Crippen LogP contribution is -2.20. The van der Waals surface area contributed by atoms with Crippen LogP contribution in [-0.4, -0.2) is 35.2 Å². The quantitative estimate of drug-likeness (QED) is 0.550. The Morgan fingerprint density at radius 3 is 2.69 bits per heavy atom. The summed E-state index contributed by atoms with van der Waals surface area (Å²) < 4.78 is 4.90. The number of aromatic amines is 1. The van der Waals surface area contributed by atoms with Crippen LogP contribution in [0, 0.1) is 0 Å². The van der Waals surface area contributed by atoms with Crippen LogP contribution in [0.15, 0.2) is 40.5 Å². The van der Waals surface area contributed by atoms with Crippen LogP contribution >= 0.6 is 34.7 Å². The average molecular weight is 450 g/mol. The summed E-state index contributed by atoms with van der Waals surface area (Å²) in [6, 6.07) is 8.08. The Bertz CT molecular complexity index is 1110. The number of benzene rings is 1. The van der Waals surface area contributed by atoms with Gasteiger partial charge in [-0.2, -0.15) is 11.8 Å². The standard InChI is InChI=1S/C19H16ClN3O4S2/c1-27-19(26)16-12(10-3-5-11(20)6-4-10)8-29-18(16)23-17(25)13-7-15(24)22-14(21-13)9-28-2/h3-8H,9H2,1-2H3,(H,23,25)(H,21,22,24). The zero-order valence-electron chi connectivity index (χ0n) is 15.4. The van der Waals surface area contributed by atoms with Crippen molar-refractivity contribution in [2.45, 2.75) is 5.75 Å². The number of carbonyl (C=O) groups excluding carboxylic acids is 2. The van der Waals surface area contributed by atoms with Crippen molar-refractivity contribution in [2.75, 3.05) is 18.7 Å². The number of hydrogen-bond acceptors (Lipinski definition) is 7. The van der Waals surface area contributed by atoms with Crippen LogP contribution in [0.1, 0.15) is 26.7 Å². The van der Waals surface area contributed by atoms with E-state index in [1.165, 1.54) is 30.2 Å². The van der Waals surface area contributed by atoms with Crippen molar-refractivity contribution in [3.05, 3.63) is 68.2 Å². The van der Waals surface area contributed by atoms with Gasteiger partial charge >= 0.3 is 5.97 Å². The lowest BCUT2D eigenvalue weighted by Gasteiger charge is -2.08. The molecule has 2 heterocycles. The van der Waals surface area contributed by atoms with E-state index >= 15 is 0 Å². The topological polar surface area (TPSA) is 101 Å². The van der Waals surface area contributed by atoms with Gasteiger partial charge in [0.15, 0.2) is 0 Å².